The van der Waals surface area contributed by atoms with E-state index < -0.39 is 75.4 Å². The van der Waals surface area contributed by atoms with Crippen LogP contribution in [0.5, 0.6) is 0 Å². The Labute approximate surface area is 226 Å². The highest BCUT2D eigenvalue weighted by Gasteiger charge is 2.74. The van der Waals surface area contributed by atoms with Crippen LogP contribution in [0.4, 0.5) is 0 Å². The van der Waals surface area contributed by atoms with Gasteiger partial charge in [0.05, 0.1) is 30.0 Å². The minimum atomic E-state index is -2.03. The number of hydrogen-bond donors (Lipinski definition) is 6. The summed E-state index contributed by atoms with van der Waals surface area (Å²) in [4.78, 5) is 27.6. The fourth-order valence-corrected chi connectivity index (χ4v) is 9.36. The number of allylic oxidation sites excluding steroid dienone is 1. The molecule has 0 aliphatic heterocycles. The highest BCUT2D eigenvalue weighted by atomic mass is 16.3. The molecular formula is C30H48O8. The molecule has 0 aromatic carbocycles. The van der Waals surface area contributed by atoms with E-state index in [0.29, 0.717) is 12.8 Å². The molecular weight excluding hydrogens is 488 g/mol. The lowest BCUT2D eigenvalue weighted by molar-refractivity contribution is -0.188. The van der Waals surface area contributed by atoms with Crippen molar-refractivity contribution in [3.05, 3.63) is 11.6 Å². The van der Waals surface area contributed by atoms with Gasteiger partial charge in [-0.05, 0) is 62.7 Å². The molecule has 4 rings (SSSR count). The first-order valence-corrected chi connectivity index (χ1v) is 14.0. The van der Waals surface area contributed by atoms with E-state index in [9.17, 15) is 40.2 Å². The van der Waals surface area contributed by atoms with E-state index in [0.717, 1.165) is 5.57 Å². The predicted octanol–water partition coefficient (Wildman–Crippen LogP) is 1.92. The summed E-state index contributed by atoms with van der Waals surface area (Å²) in [6, 6.07) is 0. The summed E-state index contributed by atoms with van der Waals surface area (Å²) < 4.78 is 0. The molecule has 0 saturated heterocycles. The van der Waals surface area contributed by atoms with Gasteiger partial charge < -0.3 is 30.6 Å². The molecule has 38 heavy (non-hydrogen) atoms. The number of aliphatic hydroxyl groups is 6. The normalized spacial score (nSPS) is 46.8. The molecule has 6 N–H and O–H groups in total. The maximum Gasteiger partial charge on any atom is 0.167 e. The summed E-state index contributed by atoms with van der Waals surface area (Å²) in [6.45, 7) is 13.8. The van der Waals surface area contributed by atoms with Crippen LogP contribution >= 0.6 is 0 Å². The van der Waals surface area contributed by atoms with Crippen molar-refractivity contribution in [2.75, 3.05) is 0 Å². The monoisotopic (exact) mass is 536 g/mol. The first-order valence-electron chi connectivity index (χ1n) is 14.0. The quantitative estimate of drug-likeness (QED) is 0.291. The lowest BCUT2D eigenvalue weighted by Crippen LogP contribution is -2.66. The third-order valence-electron chi connectivity index (χ3n) is 12.0. The van der Waals surface area contributed by atoms with Gasteiger partial charge in [0.1, 0.15) is 11.4 Å². The van der Waals surface area contributed by atoms with Gasteiger partial charge in [-0.15, -0.1) is 0 Å². The Kier molecular flexibility index (Phi) is 6.80. The van der Waals surface area contributed by atoms with Crippen molar-refractivity contribution in [2.45, 2.75) is 123 Å². The Morgan fingerprint density at radius 1 is 1.03 bits per heavy atom. The molecule has 0 unspecified atom stereocenters. The average molecular weight is 537 g/mol. The van der Waals surface area contributed by atoms with E-state index in [2.05, 4.69) is 13.0 Å². The van der Waals surface area contributed by atoms with Crippen LogP contribution in [0.25, 0.3) is 0 Å². The van der Waals surface area contributed by atoms with Crippen LogP contribution in [0, 0.1) is 39.4 Å². The molecule has 0 aromatic heterocycles. The third-order valence-corrected chi connectivity index (χ3v) is 12.0. The zero-order chi connectivity index (χ0) is 29.0. The van der Waals surface area contributed by atoms with Gasteiger partial charge in [0.2, 0.25) is 0 Å². The molecule has 0 spiro atoms. The fraction of sp³-hybridized carbons (Fsp3) is 0.867. The van der Waals surface area contributed by atoms with Crippen molar-refractivity contribution in [1.82, 2.24) is 0 Å². The van der Waals surface area contributed by atoms with Crippen LogP contribution in [0.15, 0.2) is 11.6 Å². The number of ketones is 2. The largest absolute Gasteiger partial charge is 0.393 e. The second kappa shape index (κ2) is 8.67. The van der Waals surface area contributed by atoms with Gasteiger partial charge in [0.25, 0.3) is 0 Å². The van der Waals surface area contributed by atoms with Crippen LogP contribution in [-0.4, -0.2) is 77.8 Å². The number of fused-ring (bicyclic) bond motifs is 5. The van der Waals surface area contributed by atoms with Gasteiger partial charge in [0.15, 0.2) is 5.78 Å². The van der Waals surface area contributed by atoms with E-state index in [1.54, 1.807) is 0 Å². The molecule has 8 heteroatoms. The fourth-order valence-electron chi connectivity index (χ4n) is 9.36. The minimum absolute atomic E-state index is 0.0173. The number of hydrogen-bond acceptors (Lipinski definition) is 8. The summed E-state index contributed by atoms with van der Waals surface area (Å²) in [5.74, 6) is -2.11. The van der Waals surface area contributed by atoms with Gasteiger partial charge in [-0.2, -0.15) is 0 Å². The van der Waals surface area contributed by atoms with E-state index in [1.165, 1.54) is 20.8 Å². The summed E-state index contributed by atoms with van der Waals surface area (Å²) in [5, 5.41) is 65.2. The third kappa shape index (κ3) is 3.77. The first kappa shape index (κ1) is 29.8. The van der Waals surface area contributed by atoms with Crippen molar-refractivity contribution in [3.8, 4) is 0 Å². The number of Topliss-reactive ketones (excluding diaryl/α,β-unsaturated/α-hetero) is 2. The van der Waals surface area contributed by atoms with Crippen LogP contribution in [-0.2, 0) is 9.59 Å². The Hall–Kier alpha value is -1.16. The average Bonchev–Trinajstić information content (AvgIpc) is 2.97. The van der Waals surface area contributed by atoms with Crippen molar-refractivity contribution < 1.29 is 40.2 Å². The molecule has 3 saturated carbocycles. The van der Waals surface area contributed by atoms with Crippen molar-refractivity contribution in [3.63, 3.8) is 0 Å². The second-order valence-corrected chi connectivity index (χ2v) is 14.9. The Bertz CT molecular complexity index is 1040. The lowest BCUT2D eigenvalue weighted by atomic mass is 9.38. The molecule has 4 aliphatic carbocycles. The number of carbonyl (C=O) groups excluding carboxylic acids is 2. The Morgan fingerprint density at radius 2 is 1.61 bits per heavy atom. The maximum atomic E-state index is 14.3. The van der Waals surface area contributed by atoms with Crippen molar-refractivity contribution in [1.29, 1.82) is 0 Å². The highest BCUT2D eigenvalue weighted by Crippen LogP contribution is 2.74. The summed E-state index contributed by atoms with van der Waals surface area (Å²) in [6.07, 6.45) is -1.53. The van der Waals surface area contributed by atoms with Gasteiger partial charge >= 0.3 is 0 Å². The number of carbonyl (C=O) groups is 2. The summed E-state index contributed by atoms with van der Waals surface area (Å²) in [7, 11) is 0. The molecule has 0 heterocycles. The molecule has 0 bridgehead atoms. The van der Waals surface area contributed by atoms with Crippen LogP contribution in [0.3, 0.4) is 0 Å². The topological polar surface area (TPSA) is 156 Å². The zero-order valence-corrected chi connectivity index (χ0v) is 24.2. The lowest BCUT2D eigenvalue weighted by Gasteiger charge is -2.65. The molecule has 0 radical (unpaired) electrons. The van der Waals surface area contributed by atoms with Crippen LogP contribution in [0.1, 0.15) is 87.5 Å². The second-order valence-electron chi connectivity index (χ2n) is 14.9. The highest BCUT2D eigenvalue weighted by molar-refractivity contribution is 5.90. The van der Waals surface area contributed by atoms with Crippen LogP contribution in [0.2, 0.25) is 0 Å². The number of aliphatic hydroxyl groups excluding tert-OH is 4. The SMILES string of the molecule is CC(C)(O)[C@@H](O)CC(=O)[C@](C)(O)[C@H]1[C@H](O)C[C@@]2(C)[C@@H]3CC=C4[C@@H](C[C@H](O)[C@@H](O)C4(C)C)[C@]3(C)C(=O)C[C@]12C. The zero-order valence-electron chi connectivity index (χ0n) is 24.2. The van der Waals surface area contributed by atoms with E-state index in [1.807, 2.05) is 27.7 Å². The minimum Gasteiger partial charge on any atom is -0.393 e. The molecule has 0 amide bonds. The van der Waals surface area contributed by atoms with E-state index >= 15 is 0 Å². The van der Waals surface area contributed by atoms with Crippen molar-refractivity contribution >= 4 is 11.6 Å². The molecule has 4 aliphatic rings. The van der Waals surface area contributed by atoms with Gasteiger partial charge in [-0.25, -0.2) is 0 Å². The van der Waals surface area contributed by atoms with Crippen LogP contribution < -0.4 is 0 Å². The van der Waals surface area contributed by atoms with E-state index in [-0.39, 0.29) is 30.5 Å². The van der Waals surface area contributed by atoms with Gasteiger partial charge in [0, 0.05) is 29.6 Å². The Balaban J connectivity index is 1.76. The molecule has 8 nitrogen and oxygen atoms in total. The molecule has 0 aromatic rings. The van der Waals surface area contributed by atoms with Crippen molar-refractivity contribution in [2.24, 2.45) is 39.4 Å². The molecule has 216 valence electrons. The van der Waals surface area contributed by atoms with Gasteiger partial charge in [-0.3, -0.25) is 9.59 Å². The predicted molar refractivity (Wildman–Crippen MR) is 141 cm³/mol. The Morgan fingerprint density at radius 3 is 2.16 bits per heavy atom. The smallest absolute Gasteiger partial charge is 0.167 e. The molecule has 3 fully saturated rings. The van der Waals surface area contributed by atoms with Gasteiger partial charge in [-0.1, -0.05) is 46.3 Å². The number of rotatable bonds is 5. The molecule has 11 atom stereocenters. The van der Waals surface area contributed by atoms with E-state index in [4.69, 9.17) is 0 Å². The summed E-state index contributed by atoms with van der Waals surface area (Å²) >= 11 is 0. The first-order chi connectivity index (χ1) is 17.1. The maximum absolute atomic E-state index is 14.3. The summed E-state index contributed by atoms with van der Waals surface area (Å²) in [5.41, 5.74) is -5.64. The standard InChI is InChI=1S/C30H48O8/c1-25(2)15-9-10-19-27(5)13-18(32)23(30(8,38)21(34)12-20(33)26(3,4)37)28(27,6)14-22(35)29(19,7)16(15)11-17(31)24(25)36/h9,16-20,23-24,31-33,36-38H,10-14H2,1-8H3/t16-,17+,18-,19+,20+,23+,24-,27+,28-,29+,30+/m1/s1.